The van der Waals surface area contributed by atoms with Crippen LogP contribution in [0.4, 0.5) is 4.39 Å². The first kappa shape index (κ1) is 19.6. The van der Waals surface area contributed by atoms with Gasteiger partial charge in [0.25, 0.3) is 11.8 Å². The molecular formula is C21H19ClFNO2. The molecule has 0 bridgehead atoms. The SMILES string of the molecule is C=C(C(=O)NC(=O)/C(=C/c1ccc(Cl)cc1)c1ccc(F)cc1)C(C)C. The lowest BCUT2D eigenvalue weighted by molar-refractivity contribution is -0.125. The van der Waals surface area contributed by atoms with Crippen molar-refractivity contribution in [1.82, 2.24) is 5.32 Å². The van der Waals surface area contributed by atoms with Crippen LogP contribution in [0, 0.1) is 11.7 Å². The minimum absolute atomic E-state index is 0.0858. The van der Waals surface area contributed by atoms with Gasteiger partial charge in [-0.05, 0) is 47.4 Å². The van der Waals surface area contributed by atoms with Crippen LogP contribution in [0.15, 0.2) is 60.7 Å². The topological polar surface area (TPSA) is 46.2 Å². The Kier molecular flexibility index (Phi) is 6.47. The van der Waals surface area contributed by atoms with Gasteiger partial charge in [0.1, 0.15) is 5.82 Å². The Morgan fingerprint density at radius 1 is 1.04 bits per heavy atom. The molecule has 0 saturated heterocycles. The highest BCUT2D eigenvalue weighted by Crippen LogP contribution is 2.21. The van der Waals surface area contributed by atoms with E-state index >= 15 is 0 Å². The number of hydrogen-bond donors (Lipinski definition) is 1. The first-order valence-electron chi connectivity index (χ1n) is 8.05. The molecule has 0 aliphatic rings. The summed E-state index contributed by atoms with van der Waals surface area (Å²) in [5.41, 5.74) is 1.75. The fraction of sp³-hybridized carbons (Fsp3) is 0.143. The van der Waals surface area contributed by atoms with Crippen LogP contribution in [0.25, 0.3) is 11.6 Å². The van der Waals surface area contributed by atoms with E-state index in [0.29, 0.717) is 16.2 Å². The molecule has 0 spiro atoms. The second kappa shape index (κ2) is 8.59. The predicted molar refractivity (Wildman–Crippen MR) is 103 cm³/mol. The van der Waals surface area contributed by atoms with Gasteiger partial charge in [-0.25, -0.2) is 4.39 Å². The Bertz CT molecular complexity index is 853. The third-order valence-electron chi connectivity index (χ3n) is 3.80. The molecule has 1 N–H and O–H groups in total. The van der Waals surface area contributed by atoms with Crippen molar-refractivity contribution in [2.75, 3.05) is 0 Å². The summed E-state index contributed by atoms with van der Waals surface area (Å²) in [6, 6.07) is 12.4. The Labute approximate surface area is 157 Å². The first-order valence-corrected chi connectivity index (χ1v) is 8.43. The van der Waals surface area contributed by atoms with Gasteiger partial charge >= 0.3 is 0 Å². The molecule has 0 atom stereocenters. The average molecular weight is 372 g/mol. The first-order chi connectivity index (χ1) is 12.3. The molecule has 2 aromatic rings. The van der Waals surface area contributed by atoms with Crippen molar-refractivity contribution in [1.29, 1.82) is 0 Å². The van der Waals surface area contributed by atoms with Crippen LogP contribution >= 0.6 is 11.6 Å². The highest BCUT2D eigenvalue weighted by molar-refractivity contribution is 6.31. The lowest BCUT2D eigenvalue weighted by Gasteiger charge is -2.12. The maximum atomic E-state index is 13.2. The number of nitrogens with one attached hydrogen (secondary N) is 1. The number of benzene rings is 2. The van der Waals surface area contributed by atoms with Crippen molar-refractivity contribution < 1.29 is 14.0 Å². The summed E-state index contributed by atoms with van der Waals surface area (Å²) in [7, 11) is 0. The number of hydrogen-bond acceptors (Lipinski definition) is 2. The van der Waals surface area contributed by atoms with E-state index in [-0.39, 0.29) is 11.5 Å². The summed E-state index contributed by atoms with van der Waals surface area (Å²) >= 11 is 5.88. The van der Waals surface area contributed by atoms with E-state index in [1.165, 1.54) is 24.3 Å². The van der Waals surface area contributed by atoms with Gasteiger partial charge in [0.05, 0.1) is 0 Å². The van der Waals surface area contributed by atoms with Crippen molar-refractivity contribution in [2.45, 2.75) is 13.8 Å². The van der Waals surface area contributed by atoms with E-state index in [1.807, 2.05) is 13.8 Å². The number of carbonyl (C=O) groups excluding carboxylic acids is 2. The summed E-state index contributed by atoms with van der Waals surface area (Å²) in [4.78, 5) is 24.8. The summed E-state index contributed by atoms with van der Waals surface area (Å²) < 4.78 is 13.2. The molecule has 0 aliphatic carbocycles. The number of imide groups is 1. The average Bonchev–Trinajstić information content (AvgIpc) is 2.61. The monoisotopic (exact) mass is 371 g/mol. The third-order valence-corrected chi connectivity index (χ3v) is 4.05. The van der Waals surface area contributed by atoms with Gasteiger partial charge < -0.3 is 0 Å². The third kappa shape index (κ3) is 5.14. The molecule has 0 heterocycles. The second-order valence-corrected chi connectivity index (χ2v) is 6.52. The van der Waals surface area contributed by atoms with Gasteiger partial charge in [-0.2, -0.15) is 0 Å². The van der Waals surface area contributed by atoms with Gasteiger partial charge in [0.2, 0.25) is 0 Å². The van der Waals surface area contributed by atoms with Gasteiger partial charge in [-0.1, -0.05) is 56.3 Å². The zero-order valence-corrected chi connectivity index (χ0v) is 15.3. The van der Waals surface area contributed by atoms with Crippen LogP contribution in [0.1, 0.15) is 25.0 Å². The standard InChI is InChI=1S/C21H19ClFNO2/c1-13(2)14(3)20(25)24-21(26)19(16-6-10-18(23)11-7-16)12-15-4-8-17(22)9-5-15/h4-13H,3H2,1-2H3,(H,24,25,26)/b19-12+. The predicted octanol–water partition coefficient (Wildman–Crippen LogP) is 4.87. The van der Waals surface area contributed by atoms with Gasteiger partial charge in [0.15, 0.2) is 0 Å². The molecular weight excluding hydrogens is 353 g/mol. The highest BCUT2D eigenvalue weighted by Gasteiger charge is 2.18. The zero-order chi connectivity index (χ0) is 19.3. The van der Waals surface area contributed by atoms with E-state index in [2.05, 4.69) is 11.9 Å². The second-order valence-electron chi connectivity index (χ2n) is 6.08. The van der Waals surface area contributed by atoms with Gasteiger partial charge in [-0.3, -0.25) is 14.9 Å². The molecule has 3 nitrogen and oxygen atoms in total. The molecule has 2 rings (SSSR count). The van der Waals surface area contributed by atoms with E-state index in [0.717, 1.165) is 5.56 Å². The largest absolute Gasteiger partial charge is 0.288 e. The molecule has 0 aromatic heterocycles. The summed E-state index contributed by atoms with van der Waals surface area (Å²) in [5.74, 6) is -1.62. The molecule has 134 valence electrons. The molecule has 0 fully saturated rings. The number of carbonyl (C=O) groups is 2. The minimum atomic E-state index is -0.585. The number of amides is 2. The van der Waals surface area contributed by atoms with Crippen LogP contribution in [0.3, 0.4) is 0 Å². The van der Waals surface area contributed by atoms with E-state index in [1.54, 1.807) is 30.3 Å². The molecule has 2 amide bonds. The highest BCUT2D eigenvalue weighted by atomic mass is 35.5. The Balaban J connectivity index is 2.38. The number of halogens is 2. The smallest absolute Gasteiger partial charge is 0.258 e. The molecule has 2 aromatic carbocycles. The van der Waals surface area contributed by atoms with Crippen LogP contribution in [0.2, 0.25) is 5.02 Å². The molecule has 0 radical (unpaired) electrons. The van der Waals surface area contributed by atoms with Crippen molar-refractivity contribution in [3.8, 4) is 0 Å². The van der Waals surface area contributed by atoms with E-state index < -0.39 is 17.6 Å². The summed E-state index contributed by atoms with van der Waals surface area (Å²) in [6.45, 7) is 7.33. The Morgan fingerprint density at radius 2 is 1.62 bits per heavy atom. The van der Waals surface area contributed by atoms with E-state index in [9.17, 15) is 14.0 Å². The van der Waals surface area contributed by atoms with E-state index in [4.69, 9.17) is 11.6 Å². The Morgan fingerprint density at radius 3 is 2.15 bits per heavy atom. The van der Waals surface area contributed by atoms with Gasteiger partial charge in [-0.15, -0.1) is 0 Å². The van der Waals surface area contributed by atoms with Crippen molar-refractivity contribution in [2.24, 2.45) is 5.92 Å². The fourth-order valence-electron chi connectivity index (χ4n) is 2.15. The minimum Gasteiger partial charge on any atom is -0.288 e. The van der Waals surface area contributed by atoms with Crippen molar-refractivity contribution in [3.63, 3.8) is 0 Å². The normalized spacial score (nSPS) is 11.3. The summed E-state index contributed by atoms with van der Waals surface area (Å²) in [5, 5.41) is 2.91. The maximum Gasteiger partial charge on any atom is 0.258 e. The lowest BCUT2D eigenvalue weighted by Crippen LogP contribution is -2.33. The number of rotatable bonds is 5. The molecule has 5 heteroatoms. The molecule has 26 heavy (non-hydrogen) atoms. The summed E-state index contributed by atoms with van der Waals surface area (Å²) in [6.07, 6.45) is 1.62. The van der Waals surface area contributed by atoms with Gasteiger partial charge in [0, 0.05) is 16.2 Å². The zero-order valence-electron chi connectivity index (χ0n) is 14.6. The van der Waals surface area contributed by atoms with Crippen molar-refractivity contribution >= 4 is 35.1 Å². The molecule has 0 aliphatic heterocycles. The van der Waals surface area contributed by atoms with Crippen LogP contribution in [0.5, 0.6) is 0 Å². The molecule has 0 saturated carbocycles. The quantitative estimate of drug-likeness (QED) is 0.601. The van der Waals surface area contributed by atoms with Crippen molar-refractivity contribution in [3.05, 3.63) is 82.6 Å². The lowest BCUT2D eigenvalue weighted by atomic mass is 10.0. The Hall–Kier alpha value is -2.72. The molecule has 0 unspecified atom stereocenters. The van der Waals surface area contributed by atoms with Crippen LogP contribution in [-0.4, -0.2) is 11.8 Å². The van der Waals surface area contributed by atoms with Crippen LogP contribution in [-0.2, 0) is 9.59 Å². The fourth-order valence-corrected chi connectivity index (χ4v) is 2.27. The maximum absolute atomic E-state index is 13.2. The van der Waals surface area contributed by atoms with Crippen LogP contribution < -0.4 is 5.32 Å².